The normalized spacial score (nSPS) is 26.9. The van der Waals surface area contributed by atoms with Crippen LogP contribution in [0.1, 0.15) is 38.2 Å². The van der Waals surface area contributed by atoms with Gasteiger partial charge in [0.15, 0.2) is 0 Å². The van der Waals surface area contributed by atoms with E-state index in [2.05, 4.69) is 6.92 Å². The van der Waals surface area contributed by atoms with E-state index in [9.17, 15) is 5.11 Å². The Balaban J connectivity index is 1.95. The van der Waals surface area contributed by atoms with Gasteiger partial charge in [-0.15, -0.1) is 0 Å². The van der Waals surface area contributed by atoms with Gasteiger partial charge < -0.3 is 10.8 Å². The highest BCUT2D eigenvalue weighted by atomic mass is 32.2. The Kier molecular flexibility index (Phi) is 5.31. The predicted octanol–water partition coefficient (Wildman–Crippen LogP) is 3.14. The number of benzene rings is 1. The first-order valence-electron chi connectivity index (χ1n) is 7.23. The third-order valence-corrected chi connectivity index (χ3v) is 5.64. The van der Waals surface area contributed by atoms with Crippen molar-refractivity contribution in [2.24, 2.45) is 11.7 Å². The summed E-state index contributed by atoms with van der Waals surface area (Å²) >= 11 is 1.90. The second-order valence-corrected chi connectivity index (χ2v) is 7.10. The lowest BCUT2D eigenvalue weighted by molar-refractivity contribution is 0.0719. The summed E-state index contributed by atoms with van der Waals surface area (Å²) in [5.74, 6) is 1.53. The summed E-state index contributed by atoms with van der Waals surface area (Å²) in [5.41, 5.74) is 5.88. The maximum absolute atomic E-state index is 10.7. The molecule has 106 valence electrons. The molecule has 0 radical (unpaired) electrons. The first kappa shape index (κ1) is 14.9. The predicted molar refractivity (Wildman–Crippen MR) is 83.3 cm³/mol. The second-order valence-electron chi connectivity index (χ2n) is 5.81. The van der Waals surface area contributed by atoms with Gasteiger partial charge in [0.25, 0.3) is 0 Å². The molecule has 1 aliphatic rings. The molecule has 2 rings (SSSR count). The first-order valence-corrected chi connectivity index (χ1v) is 8.28. The van der Waals surface area contributed by atoms with Crippen molar-refractivity contribution >= 4 is 11.8 Å². The van der Waals surface area contributed by atoms with Gasteiger partial charge in [0.2, 0.25) is 0 Å². The van der Waals surface area contributed by atoms with Gasteiger partial charge >= 0.3 is 0 Å². The largest absolute Gasteiger partial charge is 0.383 e. The molecule has 1 saturated carbocycles. The number of rotatable bonds is 5. The maximum atomic E-state index is 10.7. The molecular weight excluding hydrogens is 254 g/mol. The Hall–Kier alpha value is -0.510. The SMILES string of the molecule is CC1CCCC(SCC(O)(CN)c2ccccc2)C1. The molecule has 0 spiro atoms. The maximum Gasteiger partial charge on any atom is 0.111 e. The highest BCUT2D eigenvalue weighted by Gasteiger charge is 2.29. The lowest BCUT2D eigenvalue weighted by Crippen LogP contribution is -2.38. The molecule has 1 aromatic rings. The quantitative estimate of drug-likeness (QED) is 0.870. The first-order chi connectivity index (χ1) is 9.14. The fraction of sp³-hybridized carbons (Fsp3) is 0.625. The van der Waals surface area contributed by atoms with Gasteiger partial charge in [0, 0.05) is 17.5 Å². The molecule has 0 aromatic heterocycles. The molecule has 3 atom stereocenters. The minimum absolute atomic E-state index is 0.284. The van der Waals surface area contributed by atoms with Crippen molar-refractivity contribution in [2.45, 2.75) is 43.5 Å². The Labute approximate surface area is 120 Å². The van der Waals surface area contributed by atoms with Gasteiger partial charge in [-0.25, -0.2) is 0 Å². The van der Waals surface area contributed by atoms with E-state index >= 15 is 0 Å². The number of hydrogen-bond acceptors (Lipinski definition) is 3. The Bertz CT molecular complexity index is 384. The zero-order chi connectivity index (χ0) is 13.7. The van der Waals surface area contributed by atoms with E-state index in [1.54, 1.807) is 0 Å². The summed E-state index contributed by atoms with van der Waals surface area (Å²) in [7, 11) is 0. The van der Waals surface area contributed by atoms with E-state index in [1.807, 2.05) is 42.1 Å². The van der Waals surface area contributed by atoms with Crippen molar-refractivity contribution in [3.8, 4) is 0 Å². The minimum atomic E-state index is -0.882. The molecule has 19 heavy (non-hydrogen) atoms. The molecular formula is C16H25NOS. The summed E-state index contributed by atoms with van der Waals surface area (Å²) in [4.78, 5) is 0. The van der Waals surface area contributed by atoms with Crippen LogP contribution in [0, 0.1) is 5.92 Å². The Morgan fingerprint density at radius 3 is 2.68 bits per heavy atom. The van der Waals surface area contributed by atoms with Crippen LogP contribution >= 0.6 is 11.8 Å². The topological polar surface area (TPSA) is 46.2 Å². The van der Waals surface area contributed by atoms with Crippen LogP contribution < -0.4 is 5.73 Å². The Morgan fingerprint density at radius 1 is 1.32 bits per heavy atom. The van der Waals surface area contributed by atoms with Crippen LogP contribution in [-0.2, 0) is 5.60 Å². The van der Waals surface area contributed by atoms with Crippen molar-refractivity contribution in [1.82, 2.24) is 0 Å². The van der Waals surface area contributed by atoms with Crippen molar-refractivity contribution in [3.05, 3.63) is 35.9 Å². The molecule has 3 N–H and O–H groups in total. The summed E-state index contributed by atoms with van der Waals surface area (Å²) in [5, 5.41) is 11.4. The molecule has 3 heteroatoms. The molecule has 1 aromatic carbocycles. The molecule has 1 aliphatic carbocycles. The lowest BCUT2D eigenvalue weighted by Gasteiger charge is -2.31. The van der Waals surface area contributed by atoms with Crippen LogP contribution in [0.5, 0.6) is 0 Å². The smallest absolute Gasteiger partial charge is 0.111 e. The fourth-order valence-electron chi connectivity index (χ4n) is 2.79. The molecule has 2 nitrogen and oxygen atoms in total. The highest BCUT2D eigenvalue weighted by molar-refractivity contribution is 7.99. The molecule has 0 aliphatic heterocycles. The molecule has 0 amide bonds. The summed E-state index contributed by atoms with van der Waals surface area (Å²) in [6.45, 7) is 2.62. The monoisotopic (exact) mass is 279 g/mol. The number of nitrogens with two attached hydrogens (primary N) is 1. The van der Waals surface area contributed by atoms with Crippen LogP contribution in [0.3, 0.4) is 0 Å². The zero-order valence-corrected chi connectivity index (χ0v) is 12.5. The van der Waals surface area contributed by atoms with Crippen molar-refractivity contribution in [1.29, 1.82) is 0 Å². The Morgan fingerprint density at radius 2 is 2.05 bits per heavy atom. The number of thioether (sulfide) groups is 1. The van der Waals surface area contributed by atoms with E-state index in [0.29, 0.717) is 11.0 Å². The van der Waals surface area contributed by atoms with Gasteiger partial charge in [0.05, 0.1) is 0 Å². The molecule has 3 unspecified atom stereocenters. The van der Waals surface area contributed by atoms with E-state index in [1.165, 1.54) is 25.7 Å². The van der Waals surface area contributed by atoms with Crippen molar-refractivity contribution < 1.29 is 5.11 Å². The minimum Gasteiger partial charge on any atom is -0.383 e. The van der Waals surface area contributed by atoms with Crippen LogP contribution in [0.25, 0.3) is 0 Å². The van der Waals surface area contributed by atoms with E-state index in [0.717, 1.165) is 11.5 Å². The van der Waals surface area contributed by atoms with Gasteiger partial charge in [-0.3, -0.25) is 0 Å². The molecule has 1 fully saturated rings. The van der Waals surface area contributed by atoms with Crippen molar-refractivity contribution in [2.75, 3.05) is 12.3 Å². The van der Waals surface area contributed by atoms with Gasteiger partial charge in [-0.05, 0) is 24.3 Å². The average molecular weight is 279 g/mol. The highest BCUT2D eigenvalue weighted by Crippen LogP contribution is 2.35. The molecule has 0 saturated heterocycles. The van der Waals surface area contributed by atoms with E-state index in [4.69, 9.17) is 5.73 Å². The van der Waals surface area contributed by atoms with Crippen LogP contribution in [-0.4, -0.2) is 22.7 Å². The van der Waals surface area contributed by atoms with Crippen molar-refractivity contribution in [3.63, 3.8) is 0 Å². The van der Waals surface area contributed by atoms with Gasteiger partial charge in [-0.2, -0.15) is 11.8 Å². The fourth-order valence-corrected chi connectivity index (χ4v) is 4.39. The van der Waals surface area contributed by atoms with E-state index in [-0.39, 0.29) is 6.54 Å². The molecule has 0 heterocycles. The van der Waals surface area contributed by atoms with Crippen LogP contribution in [0.2, 0.25) is 0 Å². The van der Waals surface area contributed by atoms with E-state index < -0.39 is 5.60 Å². The lowest BCUT2D eigenvalue weighted by atomic mass is 9.90. The second kappa shape index (κ2) is 6.78. The summed E-state index contributed by atoms with van der Waals surface area (Å²) in [6, 6.07) is 9.83. The van der Waals surface area contributed by atoms with Crippen LogP contribution in [0.15, 0.2) is 30.3 Å². The number of hydrogen-bond donors (Lipinski definition) is 2. The summed E-state index contributed by atoms with van der Waals surface area (Å²) < 4.78 is 0. The van der Waals surface area contributed by atoms with Gasteiger partial charge in [0.1, 0.15) is 5.60 Å². The summed E-state index contributed by atoms with van der Waals surface area (Å²) in [6.07, 6.45) is 5.24. The molecule has 0 bridgehead atoms. The third kappa shape index (κ3) is 3.98. The average Bonchev–Trinajstić information content (AvgIpc) is 2.46. The zero-order valence-electron chi connectivity index (χ0n) is 11.7. The van der Waals surface area contributed by atoms with Crippen LogP contribution in [0.4, 0.5) is 0 Å². The third-order valence-electron chi connectivity index (χ3n) is 4.09. The number of aliphatic hydroxyl groups is 1. The van der Waals surface area contributed by atoms with Gasteiger partial charge in [-0.1, -0.05) is 50.1 Å². The standard InChI is InChI=1S/C16H25NOS/c1-13-6-5-9-15(10-13)19-12-16(18,11-17)14-7-3-2-4-8-14/h2-4,7-8,13,15,18H,5-6,9-12,17H2,1H3.